The third kappa shape index (κ3) is 4.08. The number of sulfone groups is 1. The van der Waals surface area contributed by atoms with Gasteiger partial charge < -0.3 is 4.90 Å². The molecule has 8 nitrogen and oxygen atoms in total. The molecule has 0 bridgehead atoms. The Morgan fingerprint density at radius 3 is 2.67 bits per heavy atom. The van der Waals surface area contributed by atoms with E-state index in [4.69, 9.17) is 0 Å². The van der Waals surface area contributed by atoms with Crippen LogP contribution in [0.5, 0.6) is 0 Å². The van der Waals surface area contributed by atoms with E-state index in [-0.39, 0.29) is 17.4 Å². The third-order valence-corrected chi connectivity index (χ3v) is 6.89. The van der Waals surface area contributed by atoms with Gasteiger partial charge in [-0.2, -0.15) is 0 Å². The summed E-state index contributed by atoms with van der Waals surface area (Å²) in [6, 6.07) is 6.53. The molecular weight excluding hydrogens is 429 g/mol. The van der Waals surface area contributed by atoms with Gasteiger partial charge in [0, 0.05) is 22.9 Å². The maximum absolute atomic E-state index is 13.4. The number of nitrogens with zero attached hydrogens (tertiary/aromatic N) is 5. The molecule has 1 amide bonds. The molecule has 0 aliphatic carbocycles. The van der Waals surface area contributed by atoms with Crippen molar-refractivity contribution in [1.82, 2.24) is 19.6 Å². The highest BCUT2D eigenvalue weighted by atomic mass is 32.2. The summed E-state index contributed by atoms with van der Waals surface area (Å²) in [6.07, 6.45) is 1.48. The number of rotatable bonds is 5. The Morgan fingerprint density at radius 2 is 2.00 bits per heavy atom. The Morgan fingerprint density at radius 1 is 1.27 bits per heavy atom. The van der Waals surface area contributed by atoms with Crippen molar-refractivity contribution in [3.05, 3.63) is 59.2 Å². The van der Waals surface area contributed by atoms with Gasteiger partial charge in [-0.25, -0.2) is 17.8 Å². The summed E-state index contributed by atoms with van der Waals surface area (Å²) < 4.78 is 38.9. The second-order valence-electron chi connectivity index (χ2n) is 6.88. The van der Waals surface area contributed by atoms with E-state index in [0.717, 1.165) is 11.1 Å². The first-order valence-corrected chi connectivity index (χ1v) is 11.7. The average molecular weight is 448 g/mol. The number of anilines is 1. The molecule has 0 radical (unpaired) electrons. The van der Waals surface area contributed by atoms with Crippen molar-refractivity contribution in [2.75, 3.05) is 16.4 Å². The fourth-order valence-corrected chi connectivity index (χ4v) is 5.45. The minimum Gasteiger partial charge on any atom is -0.304 e. The normalized spacial score (nSPS) is 17.5. The number of aryl methyl sites for hydroxylation is 2. The van der Waals surface area contributed by atoms with Gasteiger partial charge in [0.25, 0.3) is 0 Å². The molecule has 11 heteroatoms. The minimum atomic E-state index is -3.38. The summed E-state index contributed by atoms with van der Waals surface area (Å²) in [5, 5.41) is 9.88. The van der Waals surface area contributed by atoms with Gasteiger partial charge in [-0.3, -0.25) is 9.20 Å². The van der Waals surface area contributed by atoms with Crippen LogP contribution in [0, 0.1) is 19.7 Å². The summed E-state index contributed by atoms with van der Waals surface area (Å²) in [4.78, 5) is 18.9. The fraction of sp³-hybridized carbons (Fsp3) is 0.263. The van der Waals surface area contributed by atoms with Crippen LogP contribution in [0.1, 0.15) is 11.5 Å². The van der Waals surface area contributed by atoms with Crippen molar-refractivity contribution >= 4 is 38.8 Å². The van der Waals surface area contributed by atoms with Crippen LogP contribution in [0.2, 0.25) is 0 Å². The van der Waals surface area contributed by atoms with Crippen molar-refractivity contribution in [2.45, 2.75) is 25.0 Å². The van der Waals surface area contributed by atoms with Crippen LogP contribution in [0.3, 0.4) is 0 Å². The first-order valence-electron chi connectivity index (χ1n) is 9.04. The summed E-state index contributed by atoms with van der Waals surface area (Å²) >= 11 is 1.18. The molecule has 3 heterocycles. The number of thioether (sulfide) groups is 1. The number of fused-ring (bicyclic) bond motifs is 1. The van der Waals surface area contributed by atoms with E-state index in [1.807, 2.05) is 13.8 Å². The second kappa shape index (κ2) is 7.80. The largest absolute Gasteiger partial charge is 0.304 e. The predicted molar refractivity (Wildman–Crippen MR) is 112 cm³/mol. The van der Waals surface area contributed by atoms with Gasteiger partial charge in [0.1, 0.15) is 11.6 Å². The zero-order chi connectivity index (χ0) is 21.5. The van der Waals surface area contributed by atoms with Crippen LogP contribution in [0.15, 0.2) is 47.0 Å². The van der Waals surface area contributed by atoms with Gasteiger partial charge in [0.05, 0.1) is 17.5 Å². The number of halogens is 1. The predicted octanol–water partition coefficient (Wildman–Crippen LogP) is 2.32. The Hall–Kier alpha value is -2.79. The standard InChI is InChI=1S/C19H18FN5O3S2/c1-12-9-17-22-23-19(24(17)13(2)21-12)29-10-18(26)25(15-5-3-14(20)4-6-15)16-7-8-30(27,28)11-16/h3-9,16H,10-11H2,1-2H3/t16-/m0/s1. The third-order valence-electron chi connectivity index (χ3n) is 4.60. The average Bonchev–Trinajstić information content (AvgIpc) is 3.24. The smallest absolute Gasteiger partial charge is 0.238 e. The number of hydrogen-bond acceptors (Lipinski definition) is 7. The van der Waals surface area contributed by atoms with Crippen molar-refractivity contribution < 1.29 is 17.6 Å². The topological polar surface area (TPSA) is 97.5 Å². The molecule has 0 saturated heterocycles. The lowest BCUT2D eigenvalue weighted by Gasteiger charge is -2.27. The molecule has 2 aromatic heterocycles. The molecule has 0 spiro atoms. The van der Waals surface area contributed by atoms with Gasteiger partial charge >= 0.3 is 0 Å². The van der Waals surface area contributed by atoms with Crippen molar-refractivity contribution in [3.8, 4) is 0 Å². The fourth-order valence-electron chi connectivity index (χ4n) is 3.33. The van der Waals surface area contributed by atoms with Gasteiger partial charge in [0.15, 0.2) is 20.6 Å². The SMILES string of the molecule is Cc1cc2nnc(SCC(=O)N(c3ccc(F)cc3)[C@H]3C=CS(=O)(=O)C3)n2c(C)n1. The Kier molecular flexibility index (Phi) is 5.33. The first kappa shape index (κ1) is 20.5. The number of carbonyl (C=O) groups is 1. The maximum atomic E-state index is 13.4. The summed E-state index contributed by atoms with van der Waals surface area (Å²) in [6.45, 7) is 3.69. The lowest BCUT2D eigenvalue weighted by molar-refractivity contribution is -0.116. The highest BCUT2D eigenvalue weighted by Gasteiger charge is 2.31. The first-order chi connectivity index (χ1) is 14.2. The van der Waals surface area contributed by atoms with Crippen molar-refractivity contribution in [2.24, 2.45) is 0 Å². The monoisotopic (exact) mass is 447 g/mol. The lowest BCUT2D eigenvalue weighted by Crippen LogP contribution is -2.42. The molecular formula is C19H18FN5O3S2. The van der Waals surface area contributed by atoms with Gasteiger partial charge in [0.2, 0.25) is 5.91 Å². The van der Waals surface area contributed by atoms with Crippen LogP contribution >= 0.6 is 11.8 Å². The van der Waals surface area contributed by atoms with E-state index in [1.165, 1.54) is 47.0 Å². The van der Waals surface area contributed by atoms with Crippen molar-refractivity contribution in [1.29, 1.82) is 0 Å². The molecule has 0 fully saturated rings. The highest BCUT2D eigenvalue weighted by molar-refractivity contribution is 7.99. The van der Waals surface area contributed by atoms with E-state index < -0.39 is 21.7 Å². The van der Waals surface area contributed by atoms with Crippen LogP contribution < -0.4 is 4.90 Å². The van der Waals surface area contributed by atoms with Crippen LogP contribution in [0.4, 0.5) is 10.1 Å². The Labute approximate surface area is 176 Å². The van der Waals surface area contributed by atoms with Crippen LogP contribution in [-0.2, 0) is 14.6 Å². The van der Waals surface area contributed by atoms with Gasteiger partial charge in [-0.1, -0.05) is 11.8 Å². The maximum Gasteiger partial charge on any atom is 0.238 e. The van der Waals surface area contributed by atoms with E-state index >= 15 is 0 Å². The lowest BCUT2D eigenvalue weighted by atomic mass is 10.2. The number of carbonyl (C=O) groups excluding carboxylic acids is 1. The highest BCUT2D eigenvalue weighted by Crippen LogP contribution is 2.26. The molecule has 1 aliphatic heterocycles. The zero-order valence-electron chi connectivity index (χ0n) is 16.2. The molecule has 0 unspecified atom stereocenters. The number of hydrogen-bond donors (Lipinski definition) is 0. The van der Waals surface area contributed by atoms with Gasteiger partial charge in [-0.05, 0) is 44.2 Å². The molecule has 0 saturated carbocycles. The number of aromatic nitrogens is 4. The van der Waals surface area contributed by atoms with E-state index in [1.54, 1.807) is 10.5 Å². The number of amides is 1. The second-order valence-corrected chi connectivity index (χ2v) is 9.75. The van der Waals surface area contributed by atoms with E-state index in [9.17, 15) is 17.6 Å². The molecule has 3 aromatic rings. The molecule has 1 atom stereocenters. The molecule has 1 aliphatic rings. The Balaban J connectivity index is 1.60. The van der Waals surface area contributed by atoms with Crippen molar-refractivity contribution in [3.63, 3.8) is 0 Å². The van der Waals surface area contributed by atoms with Crippen LogP contribution in [-0.4, -0.2) is 51.5 Å². The molecule has 156 valence electrons. The molecule has 30 heavy (non-hydrogen) atoms. The van der Waals surface area contributed by atoms with Crippen LogP contribution in [0.25, 0.3) is 5.65 Å². The number of benzene rings is 1. The molecule has 0 N–H and O–H groups in total. The van der Waals surface area contributed by atoms with E-state index in [2.05, 4.69) is 15.2 Å². The Bertz CT molecular complexity index is 1260. The zero-order valence-corrected chi connectivity index (χ0v) is 17.8. The van der Waals surface area contributed by atoms with E-state index in [0.29, 0.717) is 22.3 Å². The summed E-state index contributed by atoms with van der Waals surface area (Å²) in [5.41, 5.74) is 1.88. The molecule has 1 aromatic carbocycles. The summed E-state index contributed by atoms with van der Waals surface area (Å²) in [5.74, 6) is -0.284. The minimum absolute atomic E-state index is 0.00409. The summed E-state index contributed by atoms with van der Waals surface area (Å²) in [7, 11) is -3.38. The molecule has 4 rings (SSSR count). The quantitative estimate of drug-likeness (QED) is 0.554. The van der Waals surface area contributed by atoms with Gasteiger partial charge in [-0.15, -0.1) is 10.2 Å².